The number of rotatable bonds is 3. The summed E-state index contributed by atoms with van der Waals surface area (Å²) in [5.41, 5.74) is -0.447. The molecule has 1 aliphatic carbocycles. The highest BCUT2D eigenvalue weighted by molar-refractivity contribution is 8.13. The fourth-order valence-electron chi connectivity index (χ4n) is 1.70. The summed E-state index contributed by atoms with van der Waals surface area (Å²) in [5, 5.41) is 3.00. The molecule has 0 heterocycles. The van der Waals surface area contributed by atoms with Crippen molar-refractivity contribution in [1.29, 1.82) is 0 Å². The van der Waals surface area contributed by atoms with Crippen molar-refractivity contribution in [2.75, 3.05) is 5.75 Å². The Morgan fingerprint density at radius 2 is 1.94 bits per heavy atom. The summed E-state index contributed by atoms with van der Waals surface area (Å²) < 4.78 is 5.17. The predicted octanol–water partition coefficient (Wildman–Crippen LogP) is 2.57. The molecule has 0 aromatic rings. The molecular weight excluding hydrogens is 238 g/mol. The Morgan fingerprint density at radius 3 is 2.41 bits per heavy atom. The van der Waals surface area contributed by atoms with Crippen LogP contribution in [0.15, 0.2) is 0 Å². The first kappa shape index (κ1) is 14.4. The Labute approximate surface area is 107 Å². The number of thioether (sulfide) groups is 1. The number of alkyl carbamates (subject to hydrolysis) is 1. The molecule has 1 saturated carbocycles. The lowest BCUT2D eigenvalue weighted by Gasteiger charge is -2.35. The van der Waals surface area contributed by atoms with Crippen LogP contribution in [0.2, 0.25) is 0 Å². The highest BCUT2D eigenvalue weighted by Crippen LogP contribution is 2.30. The van der Waals surface area contributed by atoms with Gasteiger partial charge in [-0.05, 0) is 39.5 Å². The summed E-state index contributed by atoms with van der Waals surface area (Å²) in [4.78, 5) is 22.2. The molecule has 4 nitrogen and oxygen atoms in total. The number of amides is 1. The molecule has 1 rings (SSSR count). The van der Waals surface area contributed by atoms with E-state index >= 15 is 0 Å². The van der Waals surface area contributed by atoms with Crippen LogP contribution >= 0.6 is 11.8 Å². The first-order chi connectivity index (χ1) is 7.76. The van der Waals surface area contributed by atoms with E-state index in [9.17, 15) is 9.59 Å². The van der Waals surface area contributed by atoms with Crippen LogP contribution in [-0.4, -0.2) is 28.6 Å². The molecule has 17 heavy (non-hydrogen) atoms. The molecular formula is C12H21NO3S. The molecule has 0 aliphatic heterocycles. The van der Waals surface area contributed by atoms with E-state index in [0.717, 1.165) is 18.6 Å². The van der Waals surface area contributed by atoms with Gasteiger partial charge in [0.2, 0.25) is 0 Å². The zero-order valence-corrected chi connectivity index (χ0v) is 11.7. The summed E-state index contributed by atoms with van der Waals surface area (Å²) in [6, 6.07) is 0.211. The van der Waals surface area contributed by atoms with Gasteiger partial charge in [0.15, 0.2) is 5.12 Å². The van der Waals surface area contributed by atoms with E-state index in [1.807, 2.05) is 20.8 Å². The Hall–Kier alpha value is -0.710. The van der Waals surface area contributed by atoms with Crippen molar-refractivity contribution in [2.45, 2.75) is 52.2 Å². The van der Waals surface area contributed by atoms with Crippen molar-refractivity contribution in [1.82, 2.24) is 5.32 Å². The Morgan fingerprint density at radius 1 is 1.35 bits per heavy atom. The number of hydrogen-bond acceptors (Lipinski definition) is 4. The Balaban J connectivity index is 2.13. The van der Waals surface area contributed by atoms with Crippen LogP contribution < -0.4 is 5.32 Å². The average molecular weight is 259 g/mol. The second-order valence-electron chi connectivity index (χ2n) is 5.48. The molecule has 1 aliphatic rings. The molecule has 0 saturated heterocycles. The number of carbonyl (C=O) groups excluding carboxylic acids is 2. The van der Waals surface area contributed by atoms with Gasteiger partial charge in [0, 0.05) is 18.7 Å². The van der Waals surface area contributed by atoms with Crippen LogP contribution in [0.1, 0.15) is 40.5 Å². The van der Waals surface area contributed by atoms with Crippen molar-refractivity contribution in [3.8, 4) is 0 Å². The van der Waals surface area contributed by atoms with Gasteiger partial charge in [0.25, 0.3) is 0 Å². The Kier molecular flexibility index (Phi) is 4.86. The number of ether oxygens (including phenoxy) is 1. The van der Waals surface area contributed by atoms with Gasteiger partial charge < -0.3 is 10.1 Å². The quantitative estimate of drug-likeness (QED) is 0.846. The molecule has 98 valence electrons. The van der Waals surface area contributed by atoms with Crippen LogP contribution in [0.3, 0.4) is 0 Å². The van der Waals surface area contributed by atoms with Crippen molar-refractivity contribution >= 4 is 23.0 Å². The molecule has 0 radical (unpaired) electrons. The second-order valence-corrected chi connectivity index (χ2v) is 6.68. The summed E-state index contributed by atoms with van der Waals surface area (Å²) in [6.45, 7) is 7.12. The molecule has 1 fully saturated rings. The van der Waals surface area contributed by atoms with Gasteiger partial charge in [-0.1, -0.05) is 11.8 Å². The van der Waals surface area contributed by atoms with Gasteiger partial charge in [-0.3, -0.25) is 4.79 Å². The van der Waals surface area contributed by atoms with E-state index in [1.54, 1.807) is 6.92 Å². The van der Waals surface area contributed by atoms with Crippen LogP contribution in [0.5, 0.6) is 0 Å². The fraction of sp³-hybridized carbons (Fsp3) is 0.833. The maximum Gasteiger partial charge on any atom is 0.407 e. The first-order valence-corrected chi connectivity index (χ1v) is 6.87. The number of hydrogen-bond donors (Lipinski definition) is 1. The monoisotopic (exact) mass is 259 g/mol. The molecule has 0 bridgehead atoms. The standard InChI is InChI=1S/C12H21NO3S/c1-8(14)17-7-9-5-10(6-9)13-11(15)16-12(2,3)4/h9-10H,5-7H2,1-4H3,(H,13,15). The average Bonchev–Trinajstić information content (AvgIpc) is 2.04. The van der Waals surface area contributed by atoms with E-state index in [2.05, 4.69) is 5.32 Å². The number of carbonyl (C=O) groups is 2. The minimum Gasteiger partial charge on any atom is -0.444 e. The predicted molar refractivity (Wildman–Crippen MR) is 69.0 cm³/mol. The summed E-state index contributed by atoms with van der Waals surface area (Å²) in [5.74, 6) is 1.41. The van der Waals surface area contributed by atoms with Gasteiger partial charge in [-0.2, -0.15) is 0 Å². The smallest absolute Gasteiger partial charge is 0.407 e. The van der Waals surface area contributed by atoms with Gasteiger partial charge in [0.1, 0.15) is 5.60 Å². The lowest BCUT2D eigenvalue weighted by Crippen LogP contribution is -2.46. The van der Waals surface area contributed by atoms with Gasteiger partial charge in [-0.25, -0.2) is 4.79 Å². The molecule has 1 amide bonds. The van der Waals surface area contributed by atoms with E-state index in [-0.39, 0.29) is 17.3 Å². The van der Waals surface area contributed by atoms with Gasteiger partial charge >= 0.3 is 6.09 Å². The SMILES string of the molecule is CC(=O)SCC1CC(NC(=O)OC(C)(C)C)C1. The Bertz CT molecular complexity index is 293. The third-order valence-corrected chi connectivity index (χ3v) is 3.52. The lowest BCUT2D eigenvalue weighted by atomic mass is 9.82. The molecule has 0 spiro atoms. The first-order valence-electron chi connectivity index (χ1n) is 5.89. The van der Waals surface area contributed by atoms with Crippen molar-refractivity contribution in [2.24, 2.45) is 5.92 Å². The van der Waals surface area contributed by atoms with Crippen molar-refractivity contribution in [3.63, 3.8) is 0 Å². The molecule has 0 atom stereocenters. The summed E-state index contributed by atoms with van der Waals surface area (Å²) >= 11 is 1.36. The highest BCUT2D eigenvalue weighted by Gasteiger charge is 2.31. The summed E-state index contributed by atoms with van der Waals surface area (Å²) in [7, 11) is 0. The van der Waals surface area contributed by atoms with E-state index in [0.29, 0.717) is 5.92 Å². The van der Waals surface area contributed by atoms with Gasteiger partial charge in [-0.15, -0.1) is 0 Å². The van der Waals surface area contributed by atoms with Crippen LogP contribution in [0.25, 0.3) is 0 Å². The maximum atomic E-state index is 11.4. The maximum absolute atomic E-state index is 11.4. The third kappa shape index (κ3) is 5.96. The lowest BCUT2D eigenvalue weighted by molar-refractivity contribution is -0.109. The van der Waals surface area contributed by atoms with Crippen LogP contribution in [0.4, 0.5) is 4.79 Å². The normalized spacial score (nSPS) is 23.8. The minimum atomic E-state index is -0.447. The highest BCUT2D eigenvalue weighted by atomic mass is 32.2. The molecule has 0 aromatic carbocycles. The van der Waals surface area contributed by atoms with Crippen LogP contribution in [-0.2, 0) is 9.53 Å². The summed E-state index contributed by atoms with van der Waals surface area (Å²) in [6.07, 6.45) is 1.54. The van der Waals surface area contributed by atoms with Crippen LogP contribution in [0, 0.1) is 5.92 Å². The second kappa shape index (κ2) is 5.76. The molecule has 0 aromatic heterocycles. The van der Waals surface area contributed by atoms with Gasteiger partial charge in [0.05, 0.1) is 0 Å². The van der Waals surface area contributed by atoms with E-state index in [1.165, 1.54) is 11.8 Å². The third-order valence-electron chi connectivity index (χ3n) is 2.48. The fourth-order valence-corrected chi connectivity index (χ4v) is 2.44. The number of nitrogens with one attached hydrogen (secondary N) is 1. The largest absolute Gasteiger partial charge is 0.444 e. The van der Waals surface area contributed by atoms with Crippen molar-refractivity contribution in [3.05, 3.63) is 0 Å². The molecule has 1 N–H and O–H groups in total. The van der Waals surface area contributed by atoms with E-state index in [4.69, 9.17) is 4.74 Å². The minimum absolute atomic E-state index is 0.161. The van der Waals surface area contributed by atoms with E-state index < -0.39 is 5.60 Å². The molecule has 0 unspecified atom stereocenters. The molecule has 5 heteroatoms. The topological polar surface area (TPSA) is 55.4 Å². The zero-order chi connectivity index (χ0) is 13.1. The van der Waals surface area contributed by atoms with Crippen molar-refractivity contribution < 1.29 is 14.3 Å². The zero-order valence-electron chi connectivity index (χ0n) is 10.9.